The van der Waals surface area contributed by atoms with Gasteiger partial charge in [-0.25, -0.2) is 0 Å². The highest BCUT2D eigenvalue weighted by molar-refractivity contribution is 7.99. The first kappa shape index (κ1) is 18.3. The molecule has 136 valence electrons. The standard InChI is InChI=1S/C18H16F3N3OS/c1-11-2-4-13(8-15(11)18(19,20)21)23-17(25)6-7-26-14-5-3-12-10-22-24-16(12)9-14/h2-5,8-10H,6-7H2,1H3,(H,22,24)(H,23,25). The Kier molecular flexibility index (Phi) is 5.22. The highest BCUT2D eigenvalue weighted by atomic mass is 32.2. The number of halogens is 3. The zero-order valence-corrected chi connectivity index (χ0v) is 14.7. The smallest absolute Gasteiger partial charge is 0.326 e. The Bertz CT molecular complexity index is 937. The number of H-pyrrole nitrogens is 1. The Morgan fingerprint density at radius 3 is 2.81 bits per heavy atom. The summed E-state index contributed by atoms with van der Waals surface area (Å²) in [6.45, 7) is 1.39. The van der Waals surface area contributed by atoms with E-state index in [0.717, 1.165) is 21.9 Å². The summed E-state index contributed by atoms with van der Waals surface area (Å²) in [7, 11) is 0. The molecule has 3 rings (SSSR count). The van der Waals surface area contributed by atoms with Crippen molar-refractivity contribution < 1.29 is 18.0 Å². The summed E-state index contributed by atoms with van der Waals surface area (Å²) in [5, 5.41) is 10.4. The third-order valence-electron chi connectivity index (χ3n) is 3.84. The zero-order chi connectivity index (χ0) is 18.7. The van der Waals surface area contributed by atoms with E-state index < -0.39 is 11.7 Å². The lowest BCUT2D eigenvalue weighted by molar-refractivity contribution is -0.138. The van der Waals surface area contributed by atoms with E-state index in [1.165, 1.54) is 30.8 Å². The number of carbonyl (C=O) groups is 1. The van der Waals surface area contributed by atoms with Gasteiger partial charge in [-0.3, -0.25) is 9.89 Å². The molecule has 26 heavy (non-hydrogen) atoms. The average molecular weight is 379 g/mol. The van der Waals surface area contributed by atoms with E-state index in [2.05, 4.69) is 15.5 Å². The number of thioether (sulfide) groups is 1. The van der Waals surface area contributed by atoms with Gasteiger partial charge in [0, 0.05) is 28.1 Å². The number of carbonyl (C=O) groups excluding carboxylic acids is 1. The van der Waals surface area contributed by atoms with Crippen LogP contribution in [-0.2, 0) is 11.0 Å². The molecule has 0 aliphatic rings. The predicted molar refractivity (Wildman–Crippen MR) is 96.2 cm³/mol. The maximum absolute atomic E-state index is 12.9. The molecule has 0 radical (unpaired) electrons. The lowest BCUT2D eigenvalue weighted by Gasteiger charge is -2.12. The van der Waals surface area contributed by atoms with Crippen LogP contribution in [0.4, 0.5) is 18.9 Å². The highest BCUT2D eigenvalue weighted by Crippen LogP contribution is 2.33. The summed E-state index contributed by atoms with van der Waals surface area (Å²) in [5.41, 5.74) is 0.452. The monoisotopic (exact) mass is 379 g/mol. The number of aryl methyl sites for hydroxylation is 1. The van der Waals surface area contributed by atoms with E-state index in [-0.39, 0.29) is 23.6 Å². The summed E-state index contributed by atoms with van der Waals surface area (Å²) in [6.07, 6.45) is -2.51. The van der Waals surface area contributed by atoms with Crippen molar-refractivity contribution in [1.82, 2.24) is 10.2 Å². The number of hydrogen-bond acceptors (Lipinski definition) is 3. The minimum Gasteiger partial charge on any atom is -0.326 e. The van der Waals surface area contributed by atoms with Gasteiger partial charge in [0.25, 0.3) is 0 Å². The largest absolute Gasteiger partial charge is 0.416 e. The number of nitrogens with one attached hydrogen (secondary N) is 2. The Hall–Kier alpha value is -2.48. The third-order valence-corrected chi connectivity index (χ3v) is 4.83. The number of nitrogens with zero attached hydrogens (tertiary/aromatic N) is 1. The normalized spacial score (nSPS) is 11.7. The fourth-order valence-corrected chi connectivity index (χ4v) is 3.38. The molecule has 0 spiro atoms. The molecule has 1 heterocycles. The van der Waals surface area contributed by atoms with Gasteiger partial charge in [0.2, 0.25) is 5.91 Å². The van der Waals surface area contributed by atoms with Gasteiger partial charge in [-0.05, 0) is 36.8 Å². The van der Waals surface area contributed by atoms with E-state index in [1.54, 1.807) is 6.20 Å². The van der Waals surface area contributed by atoms with Gasteiger partial charge < -0.3 is 5.32 Å². The second-order valence-electron chi connectivity index (χ2n) is 5.79. The summed E-state index contributed by atoms with van der Waals surface area (Å²) in [4.78, 5) is 13.0. The molecule has 0 saturated heterocycles. The van der Waals surface area contributed by atoms with Crippen LogP contribution in [-0.4, -0.2) is 21.9 Å². The molecule has 1 amide bonds. The molecule has 0 unspecified atom stereocenters. The van der Waals surface area contributed by atoms with Crippen molar-refractivity contribution >= 4 is 34.3 Å². The zero-order valence-electron chi connectivity index (χ0n) is 13.9. The molecule has 1 aromatic heterocycles. The van der Waals surface area contributed by atoms with Crippen molar-refractivity contribution in [3.8, 4) is 0 Å². The molecule has 0 aliphatic heterocycles. The average Bonchev–Trinajstić information content (AvgIpc) is 3.03. The second-order valence-corrected chi connectivity index (χ2v) is 6.96. The van der Waals surface area contributed by atoms with Crippen molar-refractivity contribution in [3.63, 3.8) is 0 Å². The van der Waals surface area contributed by atoms with Gasteiger partial charge in [-0.1, -0.05) is 12.1 Å². The van der Waals surface area contributed by atoms with Crippen molar-refractivity contribution in [2.75, 3.05) is 11.1 Å². The van der Waals surface area contributed by atoms with Gasteiger partial charge in [0.05, 0.1) is 17.3 Å². The van der Waals surface area contributed by atoms with Crippen molar-refractivity contribution in [3.05, 3.63) is 53.7 Å². The number of aromatic nitrogens is 2. The predicted octanol–water partition coefficient (Wildman–Crippen LogP) is 5.01. The molecule has 2 aromatic carbocycles. The van der Waals surface area contributed by atoms with Crippen LogP contribution in [0.15, 0.2) is 47.5 Å². The number of aromatic amines is 1. The second kappa shape index (κ2) is 7.41. The lowest BCUT2D eigenvalue weighted by Crippen LogP contribution is -2.14. The van der Waals surface area contributed by atoms with Gasteiger partial charge in [0.1, 0.15) is 0 Å². The Balaban J connectivity index is 1.55. The molecular weight excluding hydrogens is 363 g/mol. The van der Waals surface area contributed by atoms with Gasteiger partial charge in [-0.2, -0.15) is 18.3 Å². The van der Waals surface area contributed by atoms with Crippen LogP contribution in [0.3, 0.4) is 0 Å². The molecular formula is C18H16F3N3OS. The molecule has 0 fully saturated rings. The molecule has 0 atom stereocenters. The van der Waals surface area contributed by atoms with E-state index in [0.29, 0.717) is 5.75 Å². The molecule has 3 aromatic rings. The molecule has 4 nitrogen and oxygen atoms in total. The summed E-state index contributed by atoms with van der Waals surface area (Å²) in [6, 6.07) is 9.61. The molecule has 0 aliphatic carbocycles. The molecule has 0 saturated carbocycles. The Morgan fingerprint density at radius 1 is 1.23 bits per heavy atom. The lowest BCUT2D eigenvalue weighted by atomic mass is 10.1. The number of alkyl halides is 3. The number of hydrogen-bond donors (Lipinski definition) is 2. The van der Waals surface area contributed by atoms with Crippen molar-refractivity contribution in [2.24, 2.45) is 0 Å². The SMILES string of the molecule is Cc1ccc(NC(=O)CCSc2ccc3cn[nH]c3c2)cc1C(F)(F)F. The van der Waals surface area contributed by atoms with Gasteiger partial charge in [-0.15, -0.1) is 11.8 Å². The first-order valence-corrected chi connectivity index (χ1v) is 8.85. The van der Waals surface area contributed by atoms with E-state index in [9.17, 15) is 18.0 Å². The fraction of sp³-hybridized carbons (Fsp3) is 0.222. The molecule has 8 heteroatoms. The van der Waals surface area contributed by atoms with Crippen LogP contribution >= 0.6 is 11.8 Å². The minimum atomic E-state index is -4.44. The number of anilines is 1. The van der Waals surface area contributed by atoms with E-state index >= 15 is 0 Å². The van der Waals surface area contributed by atoms with Crippen LogP contribution in [0.1, 0.15) is 17.5 Å². The first-order valence-electron chi connectivity index (χ1n) is 7.86. The molecule has 0 bridgehead atoms. The van der Waals surface area contributed by atoms with Crippen LogP contribution in [0.2, 0.25) is 0 Å². The van der Waals surface area contributed by atoms with Crippen LogP contribution in [0.25, 0.3) is 10.9 Å². The maximum atomic E-state index is 12.9. The third kappa shape index (κ3) is 4.37. The highest BCUT2D eigenvalue weighted by Gasteiger charge is 2.32. The first-order chi connectivity index (χ1) is 12.3. The summed E-state index contributed by atoms with van der Waals surface area (Å²) >= 11 is 1.50. The van der Waals surface area contributed by atoms with E-state index in [1.807, 2.05) is 18.2 Å². The number of amides is 1. The molecule has 2 N–H and O–H groups in total. The fourth-order valence-electron chi connectivity index (χ4n) is 2.50. The maximum Gasteiger partial charge on any atom is 0.416 e. The van der Waals surface area contributed by atoms with Gasteiger partial charge >= 0.3 is 6.18 Å². The number of fused-ring (bicyclic) bond motifs is 1. The van der Waals surface area contributed by atoms with Crippen LogP contribution in [0, 0.1) is 6.92 Å². The summed E-state index contributed by atoms with van der Waals surface area (Å²) < 4.78 is 38.8. The minimum absolute atomic E-state index is 0.125. The van der Waals surface area contributed by atoms with E-state index in [4.69, 9.17) is 0 Å². The Labute approximate surface area is 152 Å². The van der Waals surface area contributed by atoms with Crippen molar-refractivity contribution in [2.45, 2.75) is 24.4 Å². The topological polar surface area (TPSA) is 57.8 Å². The van der Waals surface area contributed by atoms with Crippen LogP contribution < -0.4 is 5.32 Å². The van der Waals surface area contributed by atoms with Crippen LogP contribution in [0.5, 0.6) is 0 Å². The Morgan fingerprint density at radius 2 is 2.04 bits per heavy atom. The van der Waals surface area contributed by atoms with Gasteiger partial charge in [0.15, 0.2) is 0 Å². The number of benzene rings is 2. The van der Waals surface area contributed by atoms with Crippen molar-refractivity contribution in [1.29, 1.82) is 0 Å². The quantitative estimate of drug-likeness (QED) is 0.613. The summed E-state index contributed by atoms with van der Waals surface area (Å²) in [5.74, 6) is 0.195. The number of rotatable bonds is 5.